The average Bonchev–Trinajstić information content (AvgIpc) is 3.12. The van der Waals surface area contributed by atoms with E-state index in [0.29, 0.717) is 22.0 Å². The van der Waals surface area contributed by atoms with E-state index in [9.17, 15) is 4.79 Å². The molecule has 0 aliphatic carbocycles. The second-order valence-electron chi connectivity index (χ2n) is 7.81. The summed E-state index contributed by atoms with van der Waals surface area (Å²) in [6.45, 7) is 6.37. The number of fused-ring (bicyclic) bond motifs is 1. The van der Waals surface area contributed by atoms with Crippen molar-refractivity contribution in [1.29, 1.82) is 0 Å². The molecular weight excluding hydrogens is 386 g/mol. The predicted octanol–water partition coefficient (Wildman–Crippen LogP) is 5.59. The second kappa shape index (κ2) is 7.33. The number of carbonyl (C=O) groups is 1. The largest absolute Gasteiger partial charge is 0.421 e. The Kier molecular flexibility index (Phi) is 4.84. The fraction of sp³-hybridized carbons (Fsp3) is 0.174. The first-order chi connectivity index (χ1) is 13.8. The molecular formula is C23H20ClN3O2. The SMILES string of the molecule is CC(C)(C)c1ccc(OC(=O)c2ccc(Cl)cc2)c(-n2nc3ccccc3n2)c1. The average molecular weight is 406 g/mol. The highest BCUT2D eigenvalue weighted by Gasteiger charge is 2.20. The van der Waals surface area contributed by atoms with Crippen LogP contribution in [0.4, 0.5) is 0 Å². The molecule has 0 atom stereocenters. The van der Waals surface area contributed by atoms with Gasteiger partial charge >= 0.3 is 5.97 Å². The van der Waals surface area contributed by atoms with Gasteiger partial charge in [0, 0.05) is 5.02 Å². The molecule has 146 valence electrons. The van der Waals surface area contributed by atoms with E-state index in [1.165, 1.54) is 4.80 Å². The van der Waals surface area contributed by atoms with Gasteiger partial charge in [-0.25, -0.2) is 4.79 Å². The zero-order valence-corrected chi connectivity index (χ0v) is 17.1. The van der Waals surface area contributed by atoms with Gasteiger partial charge in [-0.2, -0.15) is 0 Å². The van der Waals surface area contributed by atoms with Gasteiger partial charge in [-0.05, 0) is 59.5 Å². The van der Waals surface area contributed by atoms with Crippen molar-refractivity contribution in [3.8, 4) is 11.4 Å². The Morgan fingerprint density at radius 2 is 1.55 bits per heavy atom. The molecule has 3 aromatic carbocycles. The molecule has 6 heteroatoms. The number of nitrogens with zero attached hydrogens (tertiary/aromatic N) is 3. The highest BCUT2D eigenvalue weighted by molar-refractivity contribution is 6.30. The topological polar surface area (TPSA) is 57.0 Å². The lowest BCUT2D eigenvalue weighted by Crippen LogP contribution is -2.15. The van der Waals surface area contributed by atoms with Crippen molar-refractivity contribution in [3.05, 3.63) is 82.9 Å². The molecule has 0 aliphatic heterocycles. The number of hydrogen-bond acceptors (Lipinski definition) is 4. The molecule has 1 heterocycles. The van der Waals surface area contributed by atoms with Crippen molar-refractivity contribution in [3.63, 3.8) is 0 Å². The first-order valence-electron chi connectivity index (χ1n) is 9.26. The normalized spacial score (nSPS) is 11.6. The zero-order valence-electron chi connectivity index (χ0n) is 16.4. The van der Waals surface area contributed by atoms with Gasteiger partial charge in [0.1, 0.15) is 16.7 Å². The molecule has 4 aromatic rings. The zero-order chi connectivity index (χ0) is 20.6. The van der Waals surface area contributed by atoms with Crippen molar-refractivity contribution >= 4 is 28.6 Å². The smallest absolute Gasteiger partial charge is 0.343 e. The van der Waals surface area contributed by atoms with Gasteiger partial charge < -0.3 is 4.74 Å². The van der Waals surface area contributed by atoms with Crippen molar-refractivity contribution in [1.82, 2.24) is 15.0 Å². The van der Waals surface area contributed by atoms with Crippen molar-refractivity contribution in [2.45, 2.75) is 26.2 Å². The molecule has 0 spiro atoms. The molecule has 0 saturated carbocycles. The number of ether oxygens (including phenoxy) is 1. The predicted molar refractivity (Wildman–Crippen MR) is 114 cm³/mol. The van der Waals surface area contributed by atoms with Crippen LogP contribution in [0.2, 0.25) is 5.02 Å². The molecule has 0 unspecified atom stereocenters. The molecule has 5 nitrogen and oxygen atoms in total. The minimum absolute atomic E-state index is 0.0833. The fourth-order valence-corrected chi connectivity index (χ4v) is 3.06. The Labute approximate surface area is 173 Å². The first kappa shape index (κ1) is 19.2. The summed E-state index contributed by atoms with van der Waals surface area (Å²) in [5.74, 6) is -0.0820. The molecule has 0 fully saturated rings. The Hall–Kier alpha value is -3.18. The standard InChI is InChI=1S/C23H20ClN3O2/c1-23(2,3)16-10-13-21(29-22(28)15-8-11-17(24)12-9-15)20(14-16)27-25-18-6-4-5-7-19(18)26-27/h4-14H,1-3H3. The fourth-order valence-electron chi connectivity index (χ4n) is 2.94. The van der Waals surface area contributed by atoms with Crippen LogP contribution >= 0.6 is 11.6 Å². The summed E-state index contributed by atoms with van der Waals surface area (Å²) >= 11 is 5.91. The molecule has 0 bridgehead atoms. The first-order valence-corrected chi connectivity index (χ1v) is 9.64. The van der Waals surface area contributed by atoms with Crippen LogP contribution in [0, 0.1) is 0 Å². The molecule has 1 aromatic heterocycles. The summed E-state index contributed by atoms with van der Waals surface area (Å²) in [5.41, 5.74) is 3.56. The lowest BCUT2D eigenvalue weighted by atomic mass is 9.87. The highest BCUT2D eigenvalue weighted by Crippen LogP contribution is 2.31. The summed E-state index contributed by atoms with van der Waals surface area (Å²) in [5, 5.41) is 9.67. The van der Waals surface area contributed by atoms with Gasteiger partial charge in [-0.3, -0.25) is 0 Å². The van der Waals surface area contributed by atoms with E-state index in [1.54, 1.807) is 30.3 Å². The van der Waals surface area contributed by atoms with Crippen LogP contribution < -0.4 is 4.74 Å². The molecule has 0 N–H and O–H groups in total. The van der Waals surface area contributed by atoms with E-state index >= 15 is 0 Å². The Balaban J connectivity index is 1.78. The highest BCUT2D eigenvalue weighted by atomic mass is 35.5. The number of rotatable bonds is 3. The quantitative estimate of drug-likeness (QED) is 0.329. The maximum atomic E-state index is 12.6. The minimum Gasteiger partial charge on any atom is -0.421 e. The number of benzene rings is 3. The third-order valence-corrected chi connectivity index (χ3v) is 4.86. The number of halogens is 1. The van der Waals surface area contributed by atoms with E-state index < -0.39 is 5.97 Å². The van der Waals surface area contributed by atoms with Crippen molar-refractivity contribution in [2.24, 2.45) is 0 Å². The maximum absolute atomic E-state index is 12.6. The molecule has 0 aliphatic rings. The van der Waals surface area contributed by atoms with E-state index in [1.807, 2.05) is 36.4 Å². The summed E-state index contributed by atoms with van der Waals surface area (Å²) in [4.78, 5) is 14.2. The van der Waals surface area contributed by atoms with Crippen LogP contribution in [0.1, 0.15) is 36.7 Å². The number of esters is 1. The minimum atomic E-state index is -0.469. The van der Waals surface area contributed by atoms with Crippen LogP contribution in [-0.2, 0) is 5.41 Å². The molecule has 0 radical (unpaired) electrons. The molecule has 0 amide bonds. The number of aromatic nitrogens is 3. The van der Waals surface area contributed by atoms with E-state index in [2.05, 4.69) is 31.0 Å². The van der Waals surface area contributed by atoms with Gasteiger partial charge in [0.05, 0.1) is 5.56 Å². The van der Waals surface area contributed by atoms with E-state index in [0.717, 1.165) is 16.6 Å². The van der Waals surface area contributed by atoms with Gasteiger partial charge in [-0.15, -0.1) is 15.0 Å². The Bertz CT molecular complexity index is 1160. The maximum Gasteiger partial charge on any atom is 0.343 e. The summed E-state index contributed by atoms with van der Waals surface area (Å²) in [7, 11) is 0. The van der Waals surface area contributed by atoms with Gasteiger partial charge in [0.25, 0.3) is 0 Å². The van der Waals surface area contributed by atoms with E-state index in [-0.39, 0.29) is 5.41 Å². The van der Waals surface area contributed by atoms with Crippen molar-refractivity contribution < 1.29 is 9.53 Å². The molecule has 29 heavy (non-hydrogen) atoms. The third-order valence-electron chi connectivity index (χ3n) is 4.61. The third kappa shape index (κ3) is 4.00. The summed E-state index contributed by atoms with van der Waals surface area (Å²) < 4.78 is 5.71. The van der Waals surface area contributed by atoms with Gasteiger partial charge in [0.15, 0.2) is 5.75 Å². The Morgan fingerprint density at radius 3 is 2.14 bits per heavy atom. The van der Waals surface area contributed by atoms with E-state index in [4.69, 9.17) is 16.3 Å². The number of hydrogen-bond donors (Lipinski definition) is 0. The second-order valence-corrected chi connectivity index (χ2v) is 8.24. The van der Waals surface area contributed by atoms with Crippen LogP contribution in [0.15, 0.2) is 66.7 Å². The molecule has 4 rings (SSSR count). The van der Waals surface area contributed by atoms with Crippen LogP contribution in [0.25, 0.3) is 16.7 Å². The Morgan fingerprint density at radius 1 is 0.931 bits per heavy atom. The van der Waals surface area contributed by atoms with Crippen LogP contribution in [0.3, 0.4) is 0 Å². The lowest BCUT2D eigenvalue weighted by Gasteiger charge is -2.20. The number of carbonyl (C=O) groups excluding carboxylic acids is 1. The van der Waals surface area contributed by atoms with Crippen LogP contribution in [-0.4, -0.2) is 21.0 Å². The molecule has 0 saturated heterocycles. The monoisotopic (exact) mass is 405 g/mol. The van der Waals surface area contributed by atoms with Gasteiger partial charge in [-0.1, -0.05) is 50.6 Å². The van der Waals surface area contributed by atoms with Crippen molar-refractivity contribution in [2.75, 3.05) is 0 Å². The van der Waals surface area contributed by atoms with Gasteiger partial charge in [0.2, 0.25) is 0 Å². The van der Waals surface area contributed by atoms with Crippen LogP contribution in [0.5, 0.6) is 5.75 Å². The summed E-state index contributed by atoms with van der Waals surface area (Å²) in [6, 6.07) is 19.9. The lowest BCUT2D eigenvalue weighted by molar-refractivity contribution is 0.0734. The summed E-state index contributed by atoms with van der Waals surface area (Å²) in [6.07, 6.45) is 0.